The van der Waals surface area contributed by atoms with E-state index in [2.05, 4.69) is 11.8 Å². The molecule has 6 heteroatoms. The summed E-state index contributed by atoms with van der Waals surface area (Å²) >= 11 is 0. The third-order valence-electron chi connectivity index (χ3n) is 5.36. The van der Waals surface area contributed by atoms with Crippen molar-refractivity contribution in [1.29, 1.82) is 0 Å². The van der Waals surface area contributed by atoms with Crippen molar-refractivity contribution >= 4 is 10.0 Å². The summed E-state index contributed by atoms with van der Waals surface area (Å²) in [4.78, 5) is 2.47. The fourth-order valence-corrected chi connectivity index (χ4v) is 5.90. The topological polar surface area (TPSA) is 49.9 Å². The highest BCUT2D eigenvalue weighted by Gasteiger charge is 2.39. The summed E-state index contributed by atoms with van der Waals surface area (Å²) in [5, 5.41) is 0. The zero-order chi connectivity index (χ0) is 14.9. The Morgan fingerprint density at radius 3 is 2.67 bits per heavy atom. The van der Waals surface area contributed by atoms with Crippen molar-refractivity contribution in [3.8, 4) is 0 Å². The molecule has 0 aliphatic carbocycles. The van der Waals surface area contributed by atoms with Crippen LogP contribution in [0.2, 0.25) is 0 Å². The third kappa shape index (κ3) is 3.60. The predicted molar refractivity (Wildman–Crippen MR) is 82.7 cm³/mol. The average molecular weight is 316 g/mol. The Hall–Kier alpha value is -0.170. The molecule has 21 heavy (non-hydrogen) atoms. The van der Waals surface area contributed by atoms with Gasteiger partial charge in [-0.15, -0.1) is 0 Å². The zero-order valence-electron chi connectivity index (χ0n) is 13.0. The highest BCUT2D eigenvalue weighted by molar-refractivity contribution is 7.89. The maximum atomic E-state index is 12.7. The van der Waals surface area contributed by atoms with Crippen molar-refractivity contribution in [2.45, 2.75) is 51.1 Å². The molecule has 0 N–H and O–H groups in total. The van der Waals surface area contributed by atoms with Crippen LogP contribution in [-0.4, -0.2) is 68.3 Å². The van der Waals surface area contributed by atoms with Crippen LogP contribution in [-0.2, 0) is 14.8 Å². The normalized spacial score (nSPS) is 33.2. The highest BCUT2D eigenvalue weighted by Crippen LogP contribution is 2.27. The molecule has 3 rings (SSSR count). The van der Waals surface area contributed by atoms with Gasteiger partial charge >= 0.3 is 0 Å². The van der Waals surface area contributed by atoms with E-state index in [4.69, 9.17) is 4.74 Å². The minimum absolute atomic E-state index is 0.124. The Morgan fingerprint density at radius 1 is 1.14 bits per heavy atom. The fourth-order valence-electron chi connectivity index (χ4n) is 4.02. The van der Waals surface area contributed by atoms with Crippen LogP contribution in [0.4, 0.5) is 0 Å². The van der Waals surface area contributed by atoms with Crippen LogP contribution in [0.25, 0.3) is 0 Å². The summed E-state index contributed by atoms with van der Waals surface area (Å²) in [5.41, 5.74) is 0. The molecular formula is C15H28N2O3S. The van der Waals surface area contributed by atoms with E-state index >= 15 is 0 Å². The molecule has 0 amide bonds. The van der Waals surface area contributed by atoms with Gasteiger partial charge in [-0.3, -0.25) is 4.90 Å². The molecule has 122 valence electrons. The number of rotatable bonds is 4. The summed E-state index contributed by atoms with van der Waals surface area (Å²) in [6, 6.07) is 0.582. The van der Waals surface area contributed by atoms with Crippen molar-refractivity contribution in [3.05, 3.63) is 0 Å². The van der Waals surface area contributed by atoms with Crippen molar-refractivity contribution in [2.75, 3.05) is 38.6 Å². The Labute approximate surface area is 128 Å². The van der Waals surface area contributed by atoms with Gasteiger partial charge in [-0.25, -0.2) is 8.42 Å². The maximum Gasteiger partial charge on any atom is 0.214 e. The summed E-state index contributed by atoms with van der Waals surface area (Å²) < 4.78 is 32.5. The van der Waals surface area contributed by atoms with Gasteiger partial charge in [0.25, 0.3) is 0 Å². The maximum absolute atomic E-state index is 12.7. The highest BCUT2D eigenvalue weighted by atomic mass is 32.2. The van der Waals surface area contributed by atoms with Gasteiger partial charge in [-0.1, -0.05) is 0 Å². The van der Waals surface area contributed by atoms with Crippen molar-refractivity contribution < 1.29 is 13.2 Å². The second-order valence-electron chi connectivity index (χ2n) is 6.87. The van der Waals surface area contributed by atoms with Crippen LogP contribution in [0.15, 0.2) is 0 Å². The Kier molecular flexibility index (Phi) is 4.88. The standard InChI is InChI=1S/C15H28N2O3S/c1-13-11-16-7-2-3-15(16)12-17(13)21(18,19)10-6-14-4-8-20-9-5-14/h13-15H,2-12H2,1H3. The van der Waals surface area contributed by atoms with Gasteiger partial charge in [0.05, 0.1) is 5.75 Å². The lowest BCUT2D eigenvalue weighted by Gasteiger charge is -2.41. The van der Waals surface area contributed by atoms with E-state index in [0.717, 1.165) is 52.0 Å². The van der Waals surface area contributed by atoms with Gasteiger partial charge in [0, 0.05) is 38.4 Å². The van der Waals surface area contributed by atoms with Crippen molar-refractivity contribution in [1.82, 2.24) is 9.21 Å². The Balaban J connectivity index is 1.58. The van der Waals surface area contributed by atoms with E-state index in [1.165, 1.54) is 6.42 Å². The van der Waals surface area contributed by atoms with E-state index in [0.29, 0.717) is 24.3 Å². The quantitative estimate of drug-likeness (QED) is 0.784. The minimum atomic E-state index is -3.10. The number of fused-ring (bicyclic) bond motifs is 1. The van der Waals surface area contributed by atoms with E-state index in [1.54, 1.807) is 4.31 Å². The Morgan fingerprint density at radius 2 is 1.90 bits per heavy atom. The van der Waals surface area contributed by atoms with E-state index in [9.17, 15) is 8.42 Å². The number of ether oxygens (including phenoxy) is 1. The molecule has 0 saturated carbocycles. The molecule has 3 aliphatic heterocycles. The van der Waals surface area contributed by atoms with Crippen LogP contribution in [0, 0.1) is 5.92 Å². The molecule has 5 nitrogen and oxygen atoms in total. The predicted octanol–water partition coefficient (Wildman–Crippen LogP) is 1.30. The summed E-state index contributed by atoms with van der Waals surface area (Å²) in [6.45, 7) is 6.40. The van der Waals surface area contributed by atoms with Crippen LogP contribution in [0.5, 0.6) is 0 Å². The first-order chi connectivity index (χ1) is 10.1. The summed E-state index contributed by atoms with van der Waals surface area (Å²) in [5.74, 6) is 0.839. The van der Waals surface area contributed by atoms with Gasteiger partial charge in [0.1, 0.15) is 0 Å². The van der Waals surface area contributed by atoms with Gasteiger partial charge in [0.15, 0.2) is 0 Å². The molecule has 0 radical (unpaired) electrons. The van der Waals surface area contributed by atoms with Crippen molar-refractivity contribution in [2.24, 2.45) is 5.92 Å². The SMILES string of the molecule is CC1CN2CCCC2CN1S(=O)(=O)CCC1CCOCC1. The van der Waals surface area contributed by atoms with Crippen LogP contribution in [0.3, 0.4) is 0 Å². The van der Waals surface area contributed by atoms with Gasteiger partial charge < -0.3 is 4.74 Å². The number of hydrogen-bond acceptors (Lipinski definition) is 4. The smallest absolute Gasteiger partial charge is 0.214 e. The molecule has 2 atom stereocenters. The molecule has 0 aromatic carbocycles. The largest absolute Gasteiger partial charge is 0.381 e. The second kappa shape index (κ2) is 6.52. The molecule has 0 aromatic heterocycles. The molecule has 0 bridgehead atoms. The number of sulfonamides is 1. The molecule has 3 aliphatic rings. The molecule has 3 saturated heterocycles. The summed E-state index contributed by atoms with van der Waals surface area (Å²) in [7, 11) is -3.10. The van der Waals surface area contributed by atoms with Gasteiger partial charge in [-0.05, 0) is 51.5 Å². The van der Waals surface area contributed by atoms with Crippen molar-refractivity contribution in [3.63, 3.8) is 0 Å². The first-order valence-corrected chi connectivity index (χ1v) is 9.98. The number of hydrogen-bond donors (Lipinski definition) is 0. The third-order valence-corrected chi connectivity index (χ3v) is 7.34. The average Bonchev–Trinajstić information content (AvgIpc) is 2.92. The molecule has 3 fully saturated rings. The van der Waals surface area contributed by atoms with E-state index < -0.39 is 10.0 Å². The molecule has 0 aromatic rings. The fraction of sp³-hybridized carbons (Fsp3) is 1.00. The number of nitrogens with zero attached hydrogens (tertiary/aromatic N) is 2. The lowest BCUT2D eigenvalue weighted by molar-refractivity contribution is 0.0652. The molecular weight excluding hydrogens is 288 g/mol. The molecule has 0 spiro atoms. The lowest BCUT2D eigenvalue weighted by Crippen LogP contribution is -2.57. The van der Waals surface area contributed by atoms with Gasteiger partial charge in [0.2, 0.25) is 10.0 Å². The molecule has 2 unspecified atom stereocenters. The summed E-state index contributed by atoms with van der Waals surface area (Å²) in [6.07, 6.45) is 5.19. The van der Waals surface area contributed by atoms with E-state index in [-0.39, 0.29) is 6.04 Å². The zero-order valence-corrected chi connectivity index (χ0v) is 13.9. The Bertz CT molecular complexity index is 448. The monoisotopic (exact) mass is 316 g/mol. The van der Waals surface area contributed by atoms with Crippen LogP contribution in [0.1, 0.15) is 39.0 Å². The molecule has 3 heterocycles. The van der Waals surface area contributed by atoms with Crippen LogP contribution < -0.4 is 0 Å². The van der Waals surface area contributed by atoms with Crippen LogP contribution >= 0.6 is 0 Å². The minimum Gasteiger partial charge on any atom is -0.381 e. The lowest BCUT2D eigenvalue weighted by atomic mass is 9.98. The number of piperazine rings is 1. The van der Waals surface area contributed by atoms with Gasteiger partial charge in [-0.2, -0.15) is 4.31 Å². The van der Waals surface area contributed by atoms with E-state index in [1.807, 2.05) is 0 Å². The second-order valence-corrected chi connectivity index (χ2v) is 8.91. The first kappa shape index (κ1) is 15.7. The first-order valence-electron chi connectivity index (χ1n) is 8.37.